The Labute approximate surface area is 572 Å². The first-order valence-electron chi connectivity index (χ1n) is 36.0. The molecule has 0 bridgehead atoms. The lowest BCUT2D eigenvalue weighted by molar-refractivity contribution is -0.669. The van der Waals surface area contributed by atoms with Crippen molar-refractivity contribution >= 4 is 79.5 Å². The molecule has 4 atom stereocenters. The van der Waals surface area contributed by atoms with Gasteiger partial charge in [0.1, 0.15) is 18.1 Å². The number of nitrogens with zero attached hydrogens (tertiary/aromatic N) is 5. The first-order chi connectivity index (χ1) is 45.5. The Bertz CT molecular complexity index is 4210. The zero-order valence-corrected chi connectivity index (χ0v) is 61.0. The lowest BCUT2D eigenvalue weighted by atomic mass is 9.73. The maximum Gasteiger partial charge on any atom is 0.249 e. The van der Waals surface area contributed by atoms with Gasteiger partial charge in [0, 0.05) is 116 Å². The van der Waals surface area contributed by atoms with E-state index in [0.29, 0.717) is 52.4 Å². The van der Waals surface area contributed by atoms with Gasteiger partial charge in [-0.25, -0.2) is 4.99 Å². The zero-order valence-electron chi connectivity index (χ0n) is 61.0. The molecule has 4 heterocycles. The van der Waals surface area contributed by atoms with Gasteiger partial charge in [0.25, 0.3) is 0 Å². The third-order valence-corrected chi connectivity index (χ3v) is 22.2. The highest BCUT2D eigenvalue weighted by molar-refractivity contribution is 6.42. The molecule has 96 heavy (non-hydrogen) atoms. The van der Waals surface area contributed by atoms with Gasteiger partial charge in [0.2, 0.25) is 34.6 Å². The molecule has 3 aliphatic carbocycles. The lowest BCUT2D eigenvalue weighted by Crippen LogP contribution is -2.42. The number of benzene rings is 4. The van der Waals surface area contributed by atoms with Crippen LogP contribution in [0, 0.1) is 23.2 Å². The molecule has 12 heteroatoms. The number of unbranched alkanes of at least 4 members (excludes halogenated alkanes) is 2. The monoisotopic (exact) mass is 1300 g/mol. The van der Waals surface area contributed by atoms with Crippen LogP contribution < -0.4 is 19.7 Å². The summed E-state index contributed by atoms with van der Waals surface area (Å²) in [5.41, 5.74) is 12.0. The molecule has 2 amide bonds. The smallest absolute Gasteiger partial charge is 0.249 e. The van der Waals surface area contributed by atoms with Gasteiger partial charge in [-0.15, -0.1) is 0 Å². The van der Waals surface area contributed by atoms with Crippen LogP contribution in [0.15, 0.2) is 159 Å². The summed E-state index contributed by atoms with van der Waals surface area (Å²) < 4.78 is 2.18. The Hall–Kier alpha value is -8.12. The van der Waals surface area contributed by atoms with E-state index < -0.39 is 0 Å². The molecule has 11 rings (SSSR count). The SMILES string of the molecule is CCCCC(CC)C(=O)N=C1C=C2C(=CC1=C1C(=O)C(c3cc4c(cc3NC(=O)C(CC)CCCC)N(C(C)C)C(C)C4(C)C)=C1O)C(C)(C)C(C)N2C(C)C.CC[n+]1c(C=C2C(=O)C(C=C3N(CCC(C)C)c4ccc5ccccc5c4C3(C)C)=C2O)ccc2ccccc21. The van der Waals surface area contributed by atoms with Gasteiger partial charge < -0.3 is 30.2 Å². The van der Waals surface area contributed by atoms with Crippen LogP contribution in [0.4, 0.5) is 17.1 Å². The van der Waals surface area contributed by atoms with Crippen LogP contribution in [0.25, 0.3) is 33.3 Å². The fourth-order valence-electron chi connectivity index (χ4n) is 15.9. The van der Waals surface area contributed by atoms with E-state index in [1.165, 1.54) is 22.0 Å². The standard InChI is InChI=1S/C48H70N4O4.C36H36N2O2/c1-15-19-21-31(17-3)45(55)49-37-25-39-35(47(11,12)29(9)51(39)27(5)6)23-33(37)41-43(53)42(44(41)54)34-24-36-40(52(28(7)8)30(10)48(36,13)14)26-38(34)50-46(56)32(18-4)22-20-16-2;1-6-37-26(17-15-25-12-8-10-14-30(25)37)21-28-34(39)29(35(28)40)22-32-36(4,5)33-27-13-9-7-11-24(27)16-18-31(33)38(32)20-19-23(2)3/h23-32,53H,15-22H2,1-14H3,(H,49,55);7-18,21-23H,6,19-20H2,1-5H3/p+1. The highest BCUT2D eigenvalue weighted by Crippen LogP contribution is 2.55. The maximum atomic E-state index is 14.8. The number of rotatable bonds is 20. The quantitative estimate of drug-likeness (QED) is 0.0512. The molecule has 1 fully saturated rings. The molecule has 5 aromatic rings. The minimum atomic E-state index is -0.330. The molecule has 508 valence electrons. The normalized spacial score (nSPS) is 21.9. The number of pyridine rings is 1. The Morgan fingerprint density at radius 3 is 1.92 bits per heavy atom. The second-order valence-electron chi connectivity index (χ2n) is 30.3. The predicted octanol–water partition coefficient (Wildman–Crippen LogP) is 18.8. The van der Waals surface area contributed by atoms with Crippen LogP contribution in [0.2, 0.25) is 0 Å². The predicted molar refractivity (Wildman–Crippen MR) is 397 cm³/mol. The summed E-state index contributed by atoms with van der Waals surface area (Å²) in [7, 11) is 0. The number of Topliss-reactive ketones (excluding diaryl/α,β-unsaturated/α-hetero) is 2. The van der Waals surface area contributed by atoms with Crippen LogP contribution >= 0.6 is 0 Å². The number of likely N-dealkylation sites (tertiary alicyclic amines) is 1. The van der Waals surface area contributed by atoms with Crippen molar-refractivity contribution in [1.82, 2.24) is 4.90 Å². The van der Waals surface area contributed by atoms with Gasteiger partial charge in [-0.1, -0.05) is 151 Å². The van der Waals surface area contributed by atoms with E-state index in [1.807, 2.05) is 68.5 Å². The van der Waals surface area contributed by atoms with Crippen molar-refractivity contribution in [1.29, 1.82) is 0 Å². The Morgan fingerprint density at radius 2 is 1.30 bits per heavy atom. The number of aromatic nitrogens is 1. The summed E-state index contributed by atoms with van der Waals surface area (Å²) in [5.74, 6) is -0.564. The molecule has 1 saturated heterocycles. The average Bonchev–Trinajstić information content (AvgIpc) is 1.40. The van der Waals surface area contributed by atoms with Crippen LogP contribution in [-0.2, 0) is 36.6 Å². The fraction of sp³-hybridized carbons (Fsp3) is 0.476. The number of aliphatic hydroxyl groups is 2. The van der Waals surface area contributed by atoms with Gasteiger partial charge in [0.15, 0.2) is 0 Å². The molecule has 12 nitrogen and oxygen atoms in total. The number of allylic oxidation sites excluding steroid dienone is 10. The van der Waals surface area contributed by atoms with Crippen LogP contribution in [0.1, 0.15) is 212 Å². The molecule has 3 N–H and O–H groups in total. The number of nitrogens with one attached hydrogen (secondary N) is 1. The molecule has 0 spiro atoms. The third kappa shape index (κ3) is 12.5. The van der Waals surface area contributed by atoms with E-state index in [-0.39, 0.29) is 98.3 Å². The van der Waals surface area contributed by atoms with Crippen molar-refractivity contribution in [2.75, 3.05) is 21.7 Å². The van der Waals surface area contributed by atoms with Crippen molar-refractivity contribution < 1.29 is 34.0 Å². The average molecular weight is 1300 g/mol. The lowest BCUT2D eigenvalue weighted by Gasteiger charge is -2.34. The highest BCUT2D eigenvalue weighted by Gasteiger charge is 2.50. The van der Waals surface area contributed by atoms with E-state index in [2.05, 4.69) is 197 Å². The summed E-state index contributed by atoms with van der Waals surface area (Å²) in [4.78, 5) is 68.0. The number of aliphatic hydroxyl groups excluding tert-OH is 2. The minimum absolute atomic E-state index is 0.0718. The van der Waals surface area contributed by atoms with E-state index in [1.54, 1.807) is 0 Å². The number of fused-ring (bicyclic) bond motifs is 6. The number of hydrogen-bond acceptors (Lipinski definition) is 9. The largest absolute Gasteiger partial charge is 0.506 e. The van der Waals surface area contributed by atoms with Crippen LogP contribution in [-0.4, -0.2) is 74.9 Å². The van der Waals surface area contributed by atoms with E-state index >= 15 is 0 Å². The maximum absolute atomic E-state index is 14.8. The van der Waals surface area contributed by atoms with Gasteiger partial charge in [-0.2, -0.15) is 4.57 Å². The van der Waals surface area contributed by atoms with Crippen LogP contribution in [0.3, 0.4) is 0 Å². The summed E-state index contributed by atoms with van der Waals surface area (Å²) in [5, 5.41) is 30.3. The molecule has 6 aliphatic rings. The number of ketones is 2. The molecular weight excluding hydrogens is 1190 g/mol. The summed E-state index contributed by atoms with van der Waals surface area (Å²) in [6.45, 7) is 43.0. The van der Waals surface area contributed by atoms with Crippen molar-refractivity contribution in [3.05, 3.63) is 176 Å². The first-order valence-corrected chi connectivity index (χ1v) is 36.0. The molecule has 4 unspecified atom stereocenters. The molecule has 1 aromatic heterocycles. The minimum Gasteiger partial charge on any atom is -0.506 e. The summed E-state index contributed by atoms with van der Waals surface area (Å²) in [6.07, 6.45) is 15.6. The Kier molecular flexibility index (Phi) is 20.4. The molecule has 4 aromatic carbocycles. The summed E-state index contributed by atoms with van der Waals surface area (Å²) >= 11 is 0. The second-order valence-corrected chi connectivity index (χ2v) is 30.3. The number of hydrogen-bond donors (Lipinski definition) is 3. The number of carbonyl (C=O) groups is 4. The molecule has 0 saturated carbocycles. The van der Waals surface area contributed by atoms with Crippen molar-refractivity contribution in [3.63, 3.8) is 0 Å². The number of carbonyl (C=O) groups excluding carboxylic acids is 4. The van der Waals surface area contributed by atoms with Crippen molar-refractivity contribution in [3.8, 4) is 0 Å². The first kappa shape index (κ1) is 70.7. The second kappa shape index (κ2) is 27.8. The molecule has 3 aliphatic heterocycles. The van der Waals surface area contributed by atoms with E-state index in [4.69, 9.17) is 4.99 Å². The topological polar surface area (TPSA) is 147 Å². The van der Waals surface area contributed by atoms with Gasteiger partial charge >= 0.3 is 0 Å². The van der Waals surface area contributed by atoms with E-state index in [0.717, 1.165) is 103 Å². The molecular formula is C84H107N6O6+. The van der Waals surface area contributed by atoms with E-state index in [9.17, 15) is 29.4 Å². The number of aliphatic imine (C=N–C) groups is 1. The number of para-hydroxylation sites is 1. The number of anilines is 3. The number of amides is 2. The Morgan fingerprint density at radius 1 is 0.677 bits per heavy atom. The van der Waals surface area contributed by atoms with Gasteiger partial charge in [-0.3, -0.25) is 19.2 Å². The summed E-state index contributed by atoms with van der Waals surface area (Å²) in [6, 6.07) is 30.0. The van der Waals surface area contributed by atoms with Crippen LogP contribution in [0.5, 0.6) is 0 Å². The fourth-order valence-corrected chi connectivity index (χ4v) is 15.9. The highest BCUT2D eigenvalue weighted by atomic mass is 16.3. The zero-order chi connectivity index (χ0) is 69.8. The van der Waals surface area contributed by atoms with Crippen molar-refractivity contribution in [2.24, 2.45) is 28.2 Å². The molecule has 0 radical (unpaired) electrons. The van der Waals surface area contributed by atoms with Gasteiger partial charge in [-0.05, 0) is 163 Å². The number of aryl methyl sites for hydroxylation is 1. The van der Waals surface area contributed by atoms with Gasteiger partial charge in [0.05, 0.1) is 33.7 Å². The van der Waals surface area contributed by atoms with Crippen molar-refractivity contribution in [2.45, 2.75) is 231 Å². The Balaban J connectivity index is 0.000000220. The third-order valence-electron chi connectivity index (χ3n) is 22.2.